The van der Waals surface area contributed by atoms with Crippen molar-refractivity contribution >= 4 is 34.8 Å². The molecule has 29 heavy (non-hydrogen) atoms. The van der Waals surface area contributed by atoms with Crippen LogP contribution in [0.2, 0.25) is 5.02 Å². The van der Waals surface area contributed by atoms with E-state index in [4.69, 9.17) is 16.3 Å². The number of amides is 2. The molecule has 0 fully saturated rings. The Kier molecular flexibility index (Phi) is 7.68. The van der Waals surface area contributed by atoms with Crippen molar-refractivity contribution in [2.45, 2.75) is 59.0 Å². The van der Waals surface area contributed by atoms with Crippen LogP contribution in [-0.4, -0.2) is 17.9 Å². The Hall–Kier alpha value is -2.53. The summed E-state index contributed by atoms with van der Waals surface area (Å²) in [5.74, 6) is 0.207. The Labute approximate surface area is 177 Å². The van der Waals surface area contributed by atoms with Crippen LogP contribution in [0.4, 0.5) is 11.4 Å². The van der Waals surface area contributed by atoms with Gasteiger partial charge in [0.05, 0.1) is 10.7 Å². The highest BCUT2D eigenvalue weighted by Gasteiger charge is 2.18. The summed E-state index contributed by atoms with van der Waals surface area (Å²) in [5.41, 5.74) is 2.24. The summed E-state index contributed by atoms with van der Waals surface area (Å²) in [5, 5.41) is 5.94. The van der Waals surface area contributed by atoms with Gasteiger partial charge in [-0.1, -0.05) is 51.4 Å². The number of hydrogen-bond donors (Lipinski definition) is 2. The minimum Gasteiger partial charge on any atom is -0.481 e. The molecule has 2 aromatic carbocycles. The van der Waals surface area contributed by atoms with Gasteiger partial charge in [-0.05, 0) is 54.7 Å². The minimum absolute atomic E-state index is 0.0514. The van der Waals surface area contributed by atoms with Gasteiger partial charge in [0.1, 0.15) is 5.75 Å². The molecule has 0 radical (unpaired) electrons. The fraction of sp³-hybridized carbons (Fsp3) is 0.391. The normalized spacial score (nSPS) is 12.2. The van der Waals surface area contributed by atoms with Gasteiger partial charge in [-0.3, -0.25) is 9.59 Å². The molecule has 2 amide bonds. The second-order valence-corrected chi connectivity index (χ2v) is 8.42. The molecule has 156 valence electrons. The quantitative estimate of drug-likeness (QED) is 0.600. The maximum absolute atomic E-state index is 12.5. The molecule has 0 saturated heterocycles. The van der Waals surface area contributed by atoms with E-state index >= 15 is 0 Å². The van der Waals surface area contributed by atoms with Crippen molar-refractivity contribution in [1.82, 2.24) is 0 Å². The molecule has 1 atom stereocenters. The predicted molar refractivity (Wildman–Crippen MR) is 119 cm³/mol. The van der Waals surface area contributed by atoms with Gasteiger partial charge < -0.3 is 15.4 Å². The third kappa shape index (κ3) is 6.79. The molecule has 0 spiro atoms. The van der Waals surface area contributed by atoms with Crippen LogP contribution in [0.1, 0.15) is 53.0 Å². The van der Waals surface area contributed by atoms with Gasteiger partial charge in [0, 0.05) is 12.1 Å². The monoisotopic (exact) mass is 416 g/mol. The SMILES string of the molecule is CCCC(=O)Nc1ccc(Cl)c(NC(=O)C(C)Oc2ccc(C(C)(C)C)cc2)c1. The topological polar surface area (TPSA) is 67.4 Å². The summed E-state index contributed by atoms with van der Waals surface area (Å²) in [6.45, 7) is 10.0. The van der Waals surface area contributed by atoms with Crippen molar-refractivity contribution < 1.29 is 14.3 Å². The highest BCUT2D eigenvalue weighted by atomic mass is 35.5. The summed E-state index contributed by atoms with van der Waals surface area (Å²) in [4.78, 5) is 24.3. The van der Waals surface area contributed by atoms with Crippen LogP contribution in [0.3, 0.4) is 0 Å². The minimum atomic E-state index is -0.718. The fourth-order valence-corrected chi connectivity index (χ4v) is 2.84. The van der Waals surface area contributed by atoms with Crippen molar-refractivity contribution in [2.75, 3.05) is 10.6 Å². The second-order valence-electron chi connectivity index (χ2n) is 8.02. The first-order chi connectivity index (χ1) is 13.6. The number of benzene rings is 2. The van der Waals surface area contributed by atoms with E-state index in [-0.39, 0.29) is 17.2 Å². The Morgan fingerprint density at radius 3 is 2.31 bits per heavy atom. The van der Waals surface area contributed by atoms with E-state index in [1.165, 1.54) is 5.56 Å². The summed E-state index contributed by atoms with van der Waals surface area (Å²) in [6.07, 6.45) is 0.475. The van der Waals surface area contributed by atoms with E-state index < -0.39 is 6.10 Å². The summed E-state index contributed by atoms with van der Waals surface area (Å²) >= 11 is 6.19. The molecule has 0 aliphatic rings. The Bertz CT molecular complexity index is 857. The molecular formula is C23H29ClN2O3. The first-order valence-electron chi connectivity index (χ1n) is 9.77. The molecular weight excluding hydrogens is 388 g/mol. The Balaban J connectivity index is 2.02. The zero-order valence-corrected chi connectivity index (χ0v) is 18.4. The number of ether oxygens (including phenoxy) is 1. The molecule has 5 nitrogen and oxygen atoms in total. The molecule has 0 heterocycles. The second kappa shape index (κ2) is 9.79. The van der Waals surface area contributed by atoms with Gasteiger partial charge in [-0.2, -0.15) is 0 Å². The van der Waals surface area contributed by atoms with Gasteiger partial charge in [0.15, 0.2) is 6.10 Å². The van der Waals surface area contributed by atoms with Gasteiger partial charge in [-0.15, -0.1) is 0 Å². The molecule has 0 aliphatic heterocycles. The average Bonchev–Trinajstić information content (AvgIpc) is 2.64. The summed E-state index contributed by atoms with van der Waals surface area (Å²) in [7, 11) is 0. The van der Waals surface area contributed by atoms with Crippen LogP contribution in [0, 0.1) is 0 Å². The number of anilines is 2. The molecule has 0 bridgehead atoms. The van der Waals surface area contributed by atoms with Gasteiger partial charge in [-0.25, -0.2) is 0 Å². The Morgan fingerprint density at radius 2 is 1.72 bits per heavy atom. The van der Waals surface area contributed by atoms with Crippen molar-refractivity contribution in [3.63, 3.8) is 0 Å². The smallest absolute Gasteiger partial charge is 0.265 e. The van der Waals surface area contributed by atoms with Crippen molar-refractivity contribution in [2.24, 2.45) is 0 Å². The molecule has 0 saturated carbocycles. The van der Waals surface area contributed by atoms with E-state index in [9.17, 15) is 9.59 Å². The average molecular weight is 417 g/mol. The molecule has 2 N–H and O–H groups in total. The number of nitrogens with one attached hydrogen (secondary N) is 2. The third-order valence-corrected chi connectivity index (χ3v) is 4.72. The molecule has 0 aromatic heterocycles. The zero-order chi connectivity index (χ0) is 21.6. The van der Waals surface area contributed by atoms with Crippen LogP contribution in [0.5, 0.6) is 5.75 Å². The van der Waals surface area contributed by atoms with Gasteiger partial charge >= 0.3 is 0 Å². The van der Waals surface area contributed by atoms with Crippen LogP contribution in [0.25, 0.3) is 0 Å². The maximum Gasteiger partial charge on any atom is 0.265 e. The molecule has 2 aromatic rings. The van der Waals surface area contributed by atoms with E-state index in [1.54, 1.807) is 25.1 Å². The first-order valence-corrected chi connectivity index (χ1v) is 10.2. The lowest BCUT2D eigenvalue weighted by Gasteiger charge is -2.20. The summed E-state index contributed by atoms with van der Waals surface area (Å²) in [6, 6.07) is 12.7. The largest absolute Gasteiger partial charge is 0.481 e. The number of carbonyl (C=O) groups is 2. The lowest BCUT2D eigenvalue weighted by molar-refractivity contribution is -0.122. The fourth-order valence-electron chi connectivity index (χ4n) is 2.67. The van der Waals surface area contributed by atoms with E-state index in [0.717, 1.165) is 6.42 Å². The lowest BCUT2D eigenvalue weighted by Crippen LogP contribution is -2.30. The number of hydrogen-bond acceptors (Lipinski definition) is 3. The van der Waals surface area contributed by atoms with E-state index in [1.807, 2.05) is 31.2 Å². The van der Waals surface area contributed by atoms with Gasteiger partial charge in [0.25, 0.3) is 5.91 Å². The predicted octanol–water partition coefficient (Wildman–Crippen LogP) is 5.78. The van der Waals surface area contributed by atoms with E-state index in [2.05, 4.69) is 31.4 Å². The third-order valence-electron chi connectivity index (χ3n) is 4.39. The van der Waals surface area contributed by atoms with E-state index in [0.29, 0.717) is 28.6 Å². The lowest BCUT2D eigenvalue weighted by atomic mass is 9.87. The van der Waals surface area contributed by atoms with Crippen LogP contribution in [0.15, 0.2) is 42.5 Å². The first kappa shape index (κ1) is 22.8. The van der Waals surface area contributed by atoms with Crippen molar-refractivity contribution in [1.29, 1.82) is 0 Å². The van der Waals surface area contributed by atoms with Crippen LogP contribution < -0.4 is 15.4 Å². The van der Waals surface area contributed by atoms with Crippen LogP contribution in [-0.2, 0) is 15.0 Å². The van der Waals surface area contributed by atoms with Crippen LogP contribution >= 0.6 is 11.6 Å². The number of rotatable bonds is 7. The van der Waals surface area contributed by atoms with Crippen molar-refractivity contribution in [3.8, 4) is 5.75 Å². The molecule has 6 heteroatoms. The molecule has 2 rings (SSSR count). The van der Waals surface area contributed by atoms with Crippen molar-refractivity contribution in [3.05, 3.63) is 53.1 Å². The molecule has 0 aliphatic carbocycles. The maximum atomic E-state index is 12.5. The number of halogens is 1. The zero-order valence-electron chi connectivity index (χ0n) is 17.6. The molecule has 1 unspecified atom stereocenters. The number of carbonyl (C=O) groups excluding carboxylic acids is 2. The highest BCUT2D eigenvalue weighted by Crippen LogP contribution is 2.27. The van der Waals surface area contributed by atoms with Gasteiger partial charge in [0.2, 0.25) is 5.91 Å². The standard InChI is InChI=1S/C23H29ClN2O3/c1-6-7-21(27)25-17-10-13-19(24)20(14-17)26-22(28)15(2)29-18-11-8-16(9-12-18)23(3,4)5/h8-15H,6-7H2,1-5H3,(H,25,27)(H,26,28). The summed E-state index contributed by atoms with van der Waals surface area (Å²) < 4.78 is 5.76. The highest BCUT2D eigenvalue weighted by molar-refractivity contribution is 6.34. The Morgan fingerprint density at radius 1 is 1.07 bits per heavy atom.